The van der Waals surface area contributed by atoms with E-state index < -0.39 is 16.0 Å². The molecule has 108 valence electrons. The zero-order valence-corrected chi connectivity index (χ0v) is 11.6. The molecule has 19 heavy (non-hydrogen) atoms. The maximum atomic E-state index is 11.9. The van der Waals surface area contributed by atoms with Gasteiger partial charge < -0.3 is 9.47 Å². The topological polar surface area (TPSA) is 110 Å². The van der Waals surface area contributed by atoms with Crippen molar-refractivity contribution in [3.05, 3.63) is 11.8 Å². The molecule has 0 saturated heterocycles. The van der Waals surface area contributed by atoms with Crippen LogP contribution in [0.15, 0.2) is 11.2 Å². The van der Waals surface area contributed by atoms with Crippen LogP contribution in [0.3, 0.4) is 0 Å². The molecule has 0 amide bonds. The summed E-state index contributed by atoms with van der Waals surface area (Å²) < 4.78 is 35.9. The molecule has 1 aromatic heterocycles. The molecule has 8 nitrogen and oxygen atoms in total. The van der Waals surface area contributed by atoms with E-state index in [-0.39, 0.29) is 30.3 Å². The molecule has 2 N–H and O–H groups in total. The number of rotatable bonds is 8. The number of esters is 1. The van der Waals surface area contributed by atoms with Gasteiger partial charge in [0.25, 0.3) is 10.0 Å². The van der Waals surface area contributed by atoms with Gasteiger partial charge in [-0.3, -0.25) is 5.10 Å². The average molecular weight is 291 g/mol. The van der Waals surface area contributed by atoms with Gasteiger partial charge in [0.2, 0.25) is 0 Å². The van der Waals surface area contributed by atoms with Crippen LogP contribution in [0.2, 0.25) is 0 Å². The molecule has 0 unspecified atom stereocenters. The van der Waals surface area contributed by atoms with Crippen LogP contribution in [-0.2, 0) is 19.5 Å². The van der Waals surface area contributed by atoms with E-state index in [9.17, 15) is 13.2 Å². The summed E-state index contributed by atoms with van der Waals surface area (Å²) in [4.78, 5) is 11.6. The van der Waals surface area contributed by atoms with Gasteiger partial charge in [-0.1, -0.05) is 0 Å². The molecular weight excluding hydrogens is 274 g/mol. The first-order chi connectivity index (χ1) is 9.03. The van der Waals surface area contributed by atoms with Crippen molar-refractivity contribution >= 4 is 16.0 Å². The molecule has 0 aromatic carbocycles. The fourth-order valence-corrected chi connectivity index (χ4v) is 2.39. The molecule has 0 aliphatic rings. The van der Waals surface area contributed by atoms with E-state index in [1.165, 1.54) is 0 Å². The number of nitrogens with zero attached hydrogens (tertiary/aromatic N) is 1. The van der Waals surface area contributed by atoms with Crippen LogP contribution in [0.1, 0.15) is 24.2 Å². The highest BCUT2D eigenvalue weighted by Crippen LogP contribution is 2.12. The number of ether oxygens (including phenoxy) is 2. The summed E-state index contributed by atoms with van der Waals surface area (Å²) in [6, 6.07) is 0. The molecule has 0 fully saturated rings. The number of carbonyl (C=O) groups is 1. The van der Waals surface area contributed by atoms with E-state index >= 15 is 0 Å². The molecule has 9 heteroatoms. The highest BCUT2D eigenvalue weighted by molar-refractivity contribution is 7.89. The van der Waals surface area contributed by atoms with Crippen molar-refractivity contribution in [3.8, 4) is 0 Å². The molecule has 0 saturated carbocycles. The molecule has 0 atom stereocenters. The molecule has 0 aliphatic carbocycles. The van der Waals surface area contributed by atoms with Crippen molar-refractivity contribution in [1.82, 2.24) is 14.9 Å². The van der Waals surface area contributed by atoms with Crippen molar-refractivity contribution in [3.63, 3.8) is 0 Å². The van der Waals surface area contributed by atoms with Gasteiger partial charge in [0, 0.05) is 13.2 Å². The van der Waals surface area contributed by atoms with E-state index in [2.05, 4.69) is 14.9 Å². The monoisotopic (exact) mass is 291 g/mol. The number of H-pyrrole nitrogens is 1. The number of hydrogen-bond acceptors (Lipinski definition) is 6. The fraction of sp³-hybridized carbons (Fsp3) is 0.600. The van der Waals surface area contributed by atoms with Gasteiger partial charge in [-0.25, -0.2) is 17.9 Å². The maximum Gasteiger partial charge on any atom is 0.342 e. The quantitative estimate of drug-likeness (QED) is 0.511. The van der Waals surface area contributed by atoms with Crippen LogP contribution < -0.4 is 4.72 Å². The molecular formula is C10H17N3O5S. The second-order valence-corrected chi connectivity index (χ2v) is 5.13. The number of carbonyl (C=O) groups excluding carboxylic acids is 1. The first-order valence-electron chi connectivity index (χ1n) is 5.80. The Bertz CT molecular complexity index is 511. The lowest BCUT2D eigenvalue weighted by Crippen LogP contribution is -2.29. The van der Waals surface area contributed by atoms with Crippen LogP contribution in [0.25, 0.3) is 0 Å². The van der Waals surface area contributed by atoms with Crippen molar-refractivity contribution in [1.29, 1.82) is 0 Å². The fourth-order valence-electron chi connectivity index (χ4n) is 1.30. The summed E-state index contributed by atoms with van der Waals surface area (Å²) in [5.41, 5.74) is -0.120. The molecule has 1 rings (SSSR count). The summed E-state index contributed by atoms with van der Waals surface area (Å²) in [6.07, 6.45) is 1.12. The molecule has 0 aliphatic heterocycles. The third-order valence-electron chi connectivity index (χ3n) is 2.11. The molecule has 0 bridgehead atoms. The van der Waals surface area contributed by atoms with E-state index in [1.807, 2.05) is 6.92 Å². The lowest BCUT2D eigenvalue weighted by Gasteiger charge is -2.06. The lowest BCUT2D eigenvalue weighted by atomic mass is 10.4. The Labute approximate surface area is 111 Å². The van der Waals surface area contributed by atoms with E-state index in [0.717, 1.165) is 6.20 Å². The number of sulfonamides is 1. The highest BCUT2D eigenvalue weighted by atomic mass is 32.2. The smallest absolute Gasteiger partial charge is 0.342 e. The van der Waals surface area contributed by atoms with Gasteiger partial charge in [0.15, 0.2) is 5.03 Å². The van der Waals surface area contributed by atoms with Crippen LogP contribution in [0.4, 0.5) is 0 Å². The number of aromatic amines is 1. The van der Waals surface area contributed by atoms with E-state index in [1.54, 1.807) is 6.92 Å². The summed E-state index contributed by atoms with van der Waals surface area (Å²) in [5, 5.41) is 5.54. The van der Waals surface area contributed by atoms with E-state index in [0.29, 0.717) is 6.61 Å². The number of nitrogens with one attached hydrogen (secondary N) is 2. The first kappa shape index (κ1) is 15.6. The van der Waals surface area contributed by atoms with Crippen LogP contribution in [0.5, 0.6) is 0 Å². The Balaban J connectivity index is 2.78. The SMILES string of the molecule is CCOCCNS(=O)(=O)c1[nH]ncc1C(=O)OCC. The van der Waals surface area contributed by atoms with Gasteiger partial charge in [0.1, 0.15) is 5.56 Å². The Morgan fingerprint density at radius 2 is 2.16 bits per heavy atom. The van der Waals surface area contributed by atoms with Crippen LogP contribution >= 0.6 is 0 Å². The summed E-state index contributed by atoms with van der Waals surface area (Å²) in [7, 11) is -3.84. The highest BCUT2D eigenvalue weighted by Gasteiger charge is 2.25. The minimum Gasteiger partial charge on any atom is -0.462 e. The zero-order chi connectivity index (χ0) is 14.3. The normalized spacial score (nSPS) is 11.5. The van der Waals surface area contributed by atoms with Crippen molar-refractivity contribution in [2.45, 2.75) is 18.9 Å². The predicted molar refractivity (Wildman–Crippen MR) is 66.2 cm³/mol. The summed E-state index contributed by atoms with van der Waals surface area (Å²) in [6.45, 7) is 4.45. The average Bonchev–Trinajstić information content (AvgIpc) is 2.85. The Kier molecular flexibility index (Phi) is 5.93. The Hall–Kier alpha value is -1.45. The Morgan fingerprint density at radius 1 is 1.42 bits per heavy atom. The van der Waals surface area contributed by atoms with Crippen LogP contribution in [0, 0.1) is 0 Å². The van der Waals surface area contributed by atoms with Crippen molar-refractivity contribution in [2.75, 3.05) is 26.4 Å². The Morgan fingerprint density at radius 3 is 2.79 bits per heavy atom. The third-order valence-corrected chi connectivity index (χ3v) is 3.54. The molecule has 0 spiro atoms. The van der Waals surface area contributed by atoms with Crippen molar-refractivity contribution in [2.24, 2.45) is 0 Å². The van der Waals surface area contributed by atoms with Gasteiger partial charge in [-0.2, -0.15) is 5.10 Å². The number of hydrogen-bond donors (Lipinski definition) is 2. The largest absolute Gasteiger partial charge is 0.462 e. The number of aromatic nitrogens is 2. The summed E-state index contributed by atoms with van der Waals surface area (Å²) in [5.74, 6) is -0.735. The second-order valence-electron chi connectivity index (χ2n) is 3.43. The lowest BCUT2D eigenvalue weighted by molar-refractivity contribution is 0.0522. The summed E-state index contributed by atoms with van der Waals surface area (Å²) >= 11 is 0. The first-order valence-corrected chi connectivity index (χ1v) is 7.29. The zero-order valence-electron chi connectivity index (χ0n) is 10.8. The van der Waals surface area contributed by atoms with E-state index in [4.69, 9.17) is 9.47 Å². The molecule has 0 radical (unpaired) electrons. The van der Waals surface area contributed by atoms with Crippen molar-refractivity contribution < 1.29 is 22.7 Å². The van der Waals surface area contributed by atoms with Crippen LogP contribution in [-0.4, -0.2) is 50.9 Å². The maximum absolute atomic E-state index is 11.9. The second kappa shape index (κ2) is 7.22. The molecule has 1 aromatic rings. The minimum atomic E-state index is -3.84. The standard InChI is InChI=1S/C10H17N3O5S/c1-3-17-6-5-12-19(15,16)9-8(7-11-13-9)10(14)18-4-2/h7,12H,3-6H2,1-2H3,(H,11,13). The minimum absolute atomic E-state index is 0.109. The van der Waals surface area contributed by atoms with Gasteiger partial charge >= 0.3 is 5.97 Å². The van der Waals surface area contributed by atoms with Gasteiger partial charge in [-0.15, -0.1) is 0 Å². The van der Waals surface area contributed by atoms with Gasteiger partial charge in [0.05, 0.1) is 19.4 Å². The van der Waals surface area contributed by atoms with Gasteiger partial charge in [-0.05, 0) is 13.8 Å². The molecule has 1 heterocycles. The predicted octanol–water partition coefficient (Wildman–Crippen LogP) is -0.0988. The third kappa shape index (κ3) is 4.30.